The second-order valence-electron chi connectivity index (χ2n) is 4.50. The molecule has 6 heteroatoms. The van der Waals surface area contributed by atoms with Crippen LogP contribution in [0.3, 0.4) is 0 Å². The number of furan rings is 1. The Kier molecular flexibility index (Phi) is 3.57. The maximum absolute atomic E-state index is 11.4. The quantitative estimate of drug-likeness (QED) is 0.546. The molecule has 22 heavy (non-hydrogen) atoms. The number of nitrogens with zero attached hydrogens (tertiary/aromatic N) is 2. The highest BCUT2D eigenvalue weighted by Crippen LogP contribution is 2.22. The van der Waals surface area contributed by atoms with Crippen LogP contribution in [0.15, 0.2) is 53.1 Å². The first-order valence-electron chi connectivity index (χ1n) is 6.51. The third-order valence-corrected chi connectivity index (χ3v) is 3.14. The second kappa shape index (κ2) is 5.69. The molecule has 0 aliphatic rings. The lowest BCUT2D eigenvalue weighted by molar-refractivity contribution is 0.0593. The standard InChI is InChI=1S/C16H12N2O4/c1-21-16(20)14-8-9-18(17-14)12-4-2-11(3-5-12)15-7-6-13(10-19)22-15/h2-10H,1H3. The highest BCUT2D eigenvalue weighted by Gasteiger charge is 2.10. The number of carbonyl (C=O) groups excluding carboxylic acids is 2. The van der Waals surface area contributed by atoms with Crippen molar-refractivity contribution >= 4 is 12.3 Å². The minimum atomic E-state index is -0.479. The van der Waals surface area contributed by atoms with E-state index in [0.29, 0.717) is 12.0 Å². The average molecular weight is 296 g/mol. The van der Waals surface area contributed by atoms with E-state index in [2.05, 4.69) is 9.84 Å². The molecule has 0 bridgehead atoms. The van der Waals surface area contributed by atoms with E-state index in [9.17, 15) is 9.59 Å². The fourth-order valence-corrected chi connectivity index (χ4v) is 2.03. The molecule has 0 radical (unpaired) electrons. The zero-order chi connectivity index (χ0) is 15.5. The molecule has 0 aliphatic heterocycles. The Morgan fingerprint density at radius 3 is 2.59 bits per heavy atom. The van der Waals surface area contributed by atoms with E-state index in [1.165, 1.54) is 7.11 Å². The summed E-state index contributed by atoms with van der Waals surface area (Å²) in [5, 5.41) is 4.14. The van der Waals surface area contributed by atoms with E-state index in [-0.39, 0.29) is 11.5 Å². The van der Waals surface area contributed by atoms with Crippen LogP contribution in [0.1, 0.15) is 21.0 Å². The zero-order valence-corrected chi connectivity index (χ0v) is 11.7. The molecule has 0 spiro atoms. The van der Waals surface area contributed by atoms with Gasteiger partial charge in [-0.3, -0.25) is 4.79 Å². The number of ether oxygens (including phenoxy) is 1. The summed E-state index contributed by atoms with van der Waals surface area (Å²) in [6.45, 7) is 0. The van der Waals surface area contributed by atoms with Gasteiger partial charge in [-0.25, -0.2) is 9.48 Å². The topological polar surface area (TPSA) is 74.3 Å². The van der Waals surface area contributed by atoms with Crippen LogP contribution in [0.5, 0.6) is 0 Å². The summed E-state index contributed by atoms with van der Waals surface area (Å²) in [6.07, 6.45) is 2.34. The third-order valence-electron chi connectivity index (χ3n) is 3.14. The van der Waals surface area contributed by atoms with Crippen molar-refractivity contribution in [2.75, 3.05) is 7.11 Å². The van der Waals surface area contributed by atoms with Crippen molar-refractivity contribution in [1.82, 2.24) is 9.78 Å². The van der Waals surface area contributed by atoms with Gasteiger partial charge in [0.15, 0.2) is 17.7 Å². The van der Waals surface area contributed by atoms with E-state index >= 15 is 0 Å². The Balaban J connectivity index is 1.86. The molecule has 2 aromatic heterocycles. The minimum absolute atomic E-state index is 0.244. The molecule has 1 aromatic carbocycles. The molecule has 0 saturated heterocycles. The van der Waals surface area contributed by atoms with Crippen LogP contribution < -0.4 is 0 Å². The Bertz CT molecular complexity index is 815. The fraction of sp³-hybridized carbons (Fsp3) is 0.0625. The summed E-state index contributed by atoms with van der Waals surface area (Å²) in [6, 6.07) is 12.3. The van der Waals surface area contributed by atoms with Gasteiger partial charge in [-0.15, -0.1) is 0 Å². The van der Waals surface area contributed by atoms with Gasteiger partial charge in [-0.1, -0.05) is 0 Å². The number of rotatable bonds is 4. The predicted molar refractivity (Wildman–Crippen MR) is 78.0 cm³/mol. The Hall–Kier alpha value is -3.15. The lowest BCUT2D eigenvalue weighted by atomic mass is 10.1. The van der Waals surface area contributed by atoms with E-state index in [4.69, 9.17) is 4.42 Å². The second-order valence-corrected chi connectivity index (χ2v) is 4.50. The highest BCUT2D eigenvalue weighted by molar-refractivity contribution is 5.87. The first-order chi connectivity index (χ1) is 10.7. The summed E-state index contributed by atoms with van der Waals surface area (Å²) in [5.74, 6) is 0.422. The van der Waals surface area contributed by atoms with Gasteiger partial charge in [-0.2, -0.15) is 5.10 Å². The van der Waals surface area contributed by atoms with Gasteiger partial charge in [-0.05, 0) is 42.5 Å². The zero-order valence-electron chi connectivity index (χ0n) is 11.7. The van der Waals surface area contributed by atoms with Gasteiger partial charge < -0.3 is 9.15 Å². The van der Waals surface area contributed by atoms with Crippen molar-refractivity contribution in [3.8, 4) is 17.0 Å². The van der Waals surface area contributed by atoms with E-state index in [0.717, 1.165) is 11.3 Å². The lowest BCUT2D eigenvalue weighted by Crippen LogP contribution is -2.03. The molecular weight excluding hydrogens is 284 g/mol. The van der Waals surface area contributed by atoms with Gasteiger partial charge in [0.25, 0.3) is 0 Å². The number of carbonyl (C=O) groups is 2. The van der Waals surface area contributed by atoms with Crippen LogP contribution in [0.2, 0.25) is 0 Å². The molecule has 0 saturated carbocycles. The Morgan fingerprint density at radius 2 is 1.95 bits per heavy atom. The molecule has 0 aliphatic carbocycles. The molecule has 3 aromatic rings. The van der Waals surface area contributed by atoms with Gasteiger partial charge in [0.1, 0.15) is 5.76 Å². The largest absolute Gasteiger partial charge is 0.464 e. The molecule has 0 N–H and O–H groups in total. The monoisotopic (exact) mass is 296 g/mol. The normalized spacial score (nSPS) is 10.4. The van der Waals surface area contributed by atoms with Crippen molar-refractivity contribution in [2.45, 2.75) is 0 Å². The maximum atomic E-state index is 11.4. The summed E-state index contributed by atoms with van der Waals surface area (Å²) in [5.41, 5.74) is 1.88. The molecule has 0 atom stereocenters. The summed E-state index contributed by atoms with van der Waals surface area (Å²) in [4.78, 5) is 22.0. The number of aromatic nitrogens is 2. The van der Waals surface area contributed by atoms with Crippen molar-refractivity contribution in [3.05, 3.63) is 60.1 Å². The molecule has 0 fully saturated rings. The lowest BCUT2D eigenvalue weighted by Gasteiger charge is -2.02. The minimum Gasteiger partial charge on any atom is -0.464 e. The summed E-state index contributed by atoms with van der Waals surface area (Å²) < 4.78 is 11.6. The smallest absolute Gasteiger partial charge is 0.358 e. The maximum Gasteiger partial charge on any atom is 0.358 e. The molecule has 3 rings (SSSR count). The average Bonchev–Trinajstić information content (AvgIpc) is 3.23. The van der Waals surface area contributed by atoms with Crippen LogP contribution in [0.25, 0.3) is 17.0 Å². The predicted octanol–water partition coefficient (Wildman–Crippen LogP) is 2.73. The first-order valence-corrected chi connectivity index (χ1v) is 6.51. The van der Waals surface area contributed by atoms with E-state index < -0.39 is 5.97 Å². The highest BCUT2D eigenvalue weighted by atomic mass is 16.5. The van der Waals surface area contributed by atoms with Crippen LogP contribution in [0.4, 0.5) is 0 Å². The van der Waals surface area contributed by atoms with Gasteiger partial charge in [0.05, 0.1) is 12.8 Å². The first kappa shape index (κ1) is 13.8. The number of benzene rings is 1. The molecule has 2 heterocycles. The molecular formula is C16H12N2O4. The summed E-state index contributed by atoms with van der Waals surface area (Å²) >= 11 is 0. The third kappa shape index (κ3) is 2.54. The van der Waals surface area contributed by atoms with Gasteiger partial charge in [0.2, 0.25) is 0 Å². The van der Waals surface area contributed by atoms with Crippen LogP contribution in [-0.2, 0) is 4.74 Å². The van der Waals surface area contributed by atoms with Gasteiger partial charge in [0, 0.05) is 11.8 Å². The van der Waals surface area contributed by atoms with Gasteiger partial charge >= 0.3 is 5.97 Å². The number of esters is 1. The molecule has 0 amide bonds. The van der Waals surface area contributed by atoms with Crippen molar-refractivity contribution < 1.29 is 18.7 Å². The number of methoxy groups -OCH3 is 1. The van der Waals surface area contributed by atoms with Crippen molar-refractivity contribution in [2.24, 2.45) is 0 Å². The number of hydrogen-bond acceptors (Lipinski definition) is 5. The molecule has 110 valence electrons. The SMILES string of the molecule is COC(=O)c1ccn(-c2ccc(-c3ccc(C=O)o3)cc2)n1. The number of aldehydes is 1. The van der Waals surface area contributed by atoms with E-state index in [1.807, 2.05) is 24.3 Å². The Labute approximate surface area is 125 Å². The van der Waals surface area contributed by atoms with Crippen LogP contribution in [0, 0.1) is 0 Å². The molecule has 6 nitrogen and oxygen atoms in total. The number of hydrogen-bond donors (Lipinski definition) is 0. The van der Waals surface area contributed by atoms with E-state index in [1.54, 1.807) is 29.1 Å². The molecule has 0 unspecified atom stereocenters. The fourth-order valence-electron chi connectivity index (χ4n) is 2.03. The van der Waals surface area contributed by atoms with Crippen molar-refractivity contribution in [1.29, 1.82) is 0 Å². The summed E-state index contributed by atoms with van der Waals surface area (Å²) in [7, 11) is 1.31. The van der Waals surface area contributed by atoms with Crippen molar-refractivity contribution in [3.63, 3.8) is 0 Å². The Morgan fingerprint density at radius 1 is 1.18 bits per heavy atom. The van der Waals surface area contributed by atoms with Crippen LogP contribution in [-0.4, -0.2) is 29.1 Å². The van der Waals surface area contributed by atoms with Crippen LogP contribution >= 0.6 is 0 Å².